The van der Waals surface area contributed by atoms with Crippen molar-refractivity contribution in [2.75, 3.05) is 11.4 Å². The second-order valence-electron chi connectivity index (χ2n) is 6.07. The van der Waals surface area contributed by atoms with E-state index in [2.05, 4.69) is 4.98 Å². The Morgan fingerprint density at radius 3 is 2.56 bits per heavy atom. The number of hydrogen-bond donors (Lipinski definition) is 3. The van der Waals surface area contributed by atoms with Crippen molar-refractivity contribution in [3.05, 3.63) is 58.2 Å². The third-order valence-electron chi connectivity index (χ3n) is 4.59. The molecule has 136 valence electrons. The number of carbonyl (C=O) groups is 1. The van der Waals surface area contributed by atoms with Crippen LogP contribution in [0.2, 0.25) is 0 Å². The predicted molar refractivity (Wildman–Crippen MR) is 108 cm³/mol. The first-order chi connectivity index (χ1) is 13.0. The van der Waals surface area contributed by atoms with Gasteiger partial charge in [-0.1, -0.05) is 12.1 Å². The Bertz CT molecular complexity index is 1220. The molecule has 4 rings (SSSR count). The summed E-state index contributed by atoms with van der Waals surface area (Å²) in [6.07, 6.45) is -1.02. The van der Waals surface area contributed by atoms with E-state index >= 15 is 0 Å². The van der Waals surface area contributed by atoms with Crippen LogP contribution in [0.5, 0.6) is 5.75 Å². The molecule has 0 aliphatic heterocycles. The monoisotopic (exact) mass is 380 g/mol. The van der Waals surface area contributed by atoms with Crippen molar-refractivity contribution in [2.24, 2.45) is 0 Å². The van der Waals surface area contributed by atoms with Crippen LogP contribution >= 0.6 is 11.3 Å². The molecule has 2 aromatic carbocycles. The zero-order valence-corrected chi connectivity index (χ0v) is 15.2. The van der Waals surface area contributed by atoms with Crippen molar-refractivity contribution in [2.45, 2.75) is 6.92 Å². The molecule has 0 saturated heterocycles. The second-order valence-corrected chi connectivity index (χ2v) is 6.99. The Hall–Kier alpha value is -3.32. The summed E-state index contributed by atoms with van der Waals surface area (Å²) in [7, 11) is 0. The molecule has 0 aliphatic rings. The van der Waals surface area contributed by atoms with Crippen molar-refractivity contribution >= 4 is 44.1 Å². The lowest BCUT2D eigenvalue weighted by Crippen LogP contribution is -2.28. The average Bonchev–Trinajstić information content (AvgIpc) is 3.14. The predicted octanol–water partition coefficient (Wildman–Crippen LogP) is 4.62. The number of H-pyrrole nitrogens is 1. The number of nitrogens with one attached hydrogen (secondary N) is 1. The number of fused-ring (bicyclic) bond motifs is 3. The third kappa shape index (κ3) is 2.72. The van der Waals surface area contributed by atoms with Gasteiger partial charge in [0.05, 0.1) is 0 Å². The van der Waals surface area contributed by atoms with Gasteiger partial charge in [0.15, 0.2) is 0 Å². The smallest absolute Gasteiger partial charge is 0.411 e. The standard InChI is InChI=1S/C20H16N2O4S/c1-2-22(20(25)26)12-5-3-11(4-6-12)16-15(23)8-7-14-17(16)13-9-10-27-18(13)19(24)21-14/h3-10,23H,2H2,1H3,(H,21,24)(H,25,26). The highest BCUT2D eigenvalue weighted by Gasteiger charge is 2.17. The van der Waals surface area contributed by atoms with E-state index < -0.39 is 6.09 Å². The van der Waals surface area contributed by atoms with Gasteiger partial charge in [-0.15, -0.1) is 11.3 Å². The fraction of sp³-hybridized carbons (Fsp3) is 0.100. The molecule has 2 aromatic heterocycles. The van der Waals surface area contributed by atoms with Crippen LogP contribution in [-0.4, -0.2) is 27.8 Å². The maximum atomic E-state index is 12.2. The molecular weight excluding hydrogens is 364 g/mol. The number of hydrogen-bond acceptors (Lipinski definition) is 4. The minimum Gasteiger partial charge on any atom is -0.507 e. The van der Waals surface area contributed by atoms with Crippen LogP contribution in [0.4, 0.5) is 10.5 Å². The molecular formula is C20H16N2O4S. The van der Waals surface area contributed by atoms with Gasteiger partial charge < -0.3 is 15.2 Å². The molecule has 6 nitrogen and oxygen atoms in total. The quantitative estimate of drug-likeness (QED) is 0.483. The summed E-state index contributed by atoms with van der Waals surface area (Å²) < 4.78 is 0.606. The number of phenols is 1. The zero-order valence-electron chi connectivity index (χ0n) is 14.4. The minimum atomic E-state index is -1.02. The van der Waals surface area contributed by atoms with E-state index in [9.17, 15) is 19.8 Å². The van der Waals surface area contributed by atoms with Gasteiger partial charge in [0.1, 0.15) is 10.4 Å². The number of aromatic hydroxyl groups is 1. The summed E-state index contributed by atoms with van der Waals surface area (Å²) in [5, 5.41) is 23.2. The third-order valence-corrected chi connectivity index (χ3v) is 5.50. The van der Waals surface area contributed by atoms with Gasteiger partial charge in [-0.3, -0.25) is 9.69 Å². The van der Waals surface area contributed by atoms with E-state index in [0.29, 0.717) is 28.0 Å². The van der Waals surface area contributed by atoms with E-state index in [0.717, 1.165) is 16.3 Å². The van der Waals surface area contributed by atoms with Gasteiger partial charge in [-0.25, -0.2) is 4.79 Å². The Morgan fingerprint density at radius 1 is 1.15 bits per heavy atom. The molecule has 0 fully saturated rings. The van der Waals surface area contributed by atoms with Gasteiger partial charge in [-0.05, 0) is 48.2 Å². The maximum Gasteiger partial charge on any atom is 0.411 e. The number of aromatic amines is 1. The molecule has 0 radical (unpaired) electrons. The van der Waals surface area contributed by atoms with E-state index in [1.807, 2.05) is 11.4 Å². The van der Waals surface area contributed by atoms with E-state index in [1.165, 1.54) is 16.2 Å². The van der Waals surface area contributed by atoms with Crippen LogP contribution in [0, 0.1) is 0 Å². The molecule has 0 atom stereocenters. The van der Waals surface area contributed by atoms with Crippen LogP contribution in [0.15, 0.2) is 52.6 Å². The summed E-state index contributed by atoms with van der Waals surface area (Å²) >= 11 is 1.35. The molecule has 0 bridgehead atoms. The van der Waals surface area contributed by atoms with Crippen molar-refractivity contribution in [3.8, 4) is 16.9 Å². The molecule has 3 N–H and O–H groups in total. The number of thiophene rings is 1. The number of anilines is 1. The highest BCUT2D eigenvalue weighted by atomic mass is 32.1. The molecule has 1 amide bonds. The van der Waals surface area contributed by atoms with Gasteiger partial charge in [0.25, 0.3) is 5.56 Å². The van der Waals surface area contributed by atoms with Crippen molar-refractivity contribution in [3.63, 3.8) is 0 Å². The number of benzene rings is 2. The number of aromatic nitrogens is 1. The number of amides is 1. The Morgan fingerprint density at radius 2 is 1.89 bits per heavy atom. The van der Waals surface area contributed by atoms with Gasteiger partial charge in [0.2, 0.25) is 0 Å². The van der Waals surface area contributed by atoms with Crippen LogP contribution in [-0.2, 0) is 0 Å². The van der Waals surface area contributed by atoms with Crippen LogP contribution in [0.25, 0.3) is 32.1 Å². The summed E-state index contributed by atoms with van der Waals surface area (Å²) in [4.78, 5) is 27.7. The van der Waals surface area contributed by atoms with E-state index in [4.69, 9.17) is 0 Å². The normalized spacial score (nSPS) is 11.1. The first-order valence-corrected chi connectivity index (χ1v) is 9.25. The molecule has 0 aliphatic carbocycles. The summed E-state index contributed by atoms with van der Waals surface area (Å²) in [5.74, 6) is 0.0976. The lowest BCUT2D eigenvalue weighted by molar-refractivity contribution is 0.202. The second kappa shape index (κ2) is 6.44. The molecule has 0 spiro atoms. The molecule has 0 unspecified atom stereocenters. The van der Waals surface area contributed by atoms with Crippen molar-refractivity contribution < 1.29 is 15.0 Å². The molecule has 4 aromatic rings. The SMILES string of the molecule is CCN(C(=O)O)c1ccc(-c2c(O)ccc3[nH]c(=O)c4sccc4c23)cc1. The Kier molecular flexibility index (Phi) is 4.08. The first kappa shape index (κ1) is 17.1. The van der Waals surface area contributed by atoms with Crippen molar-refractivity contribution in [1.82, 2.24) is 4.98 Å². The molecule has 2 heterocycles. The minimum absolute atomic E-state index is 0.0976. The Balaban J connectivity index is 1.96. The number of pyridine rings is 1. The molecule has 0 saturated carbocycles. The lowest BCUT2D eigenvalue weighted by Gasteiger charge is -2.18. The van der Waals surface area contributed by atoms with Crippen LogP contribution < -0.4 is 10.5 Å². The summed E-state index contributed by atoms with van der Waals surface area (Å²) in [6.45, 7) is 2.10. The van der Waals surface area contributed by atoms with Gasteiger partial charge in [0, 0.05) is 34.1 Å². The number of phenolic OH excluding ortho intramolecular Hbond substituents is 1. The Labute approximate surface area is 157 Å². The number of nitrogens with zero attached hydrogens (tertiary/aromatic N) is 1. The average molecular weight is 380 g/mol. The maximum absolute atomic E-state index is 12.2. The highest BCUT2D eigenvalue weighted by molar-refractivity contribution is 7.17. The molecule has 7 heteroatoms. The van der Waals surface area contributed by atoms with Gasteiger partial charge in [-0.2, -0.15) is 0 Å². The topological polar surface area (TPSA) is 93.6 Å². The number of carboxylic acid groups (broad SMARTS) is 1. The summed E-state index contributed by atoms with van der Waals surface area (Å²) in [5.41, 5.74) is 2.39. The van der Waals surface area contributed by atoms with Crippen LogP contribution in [0.1, 0.15) is 6.92 Å². The first-order valence-electron chi connectivity index (χ1n) is 8.37. The van der Waals surface area contributed by atoms with Crippen LogP contribution in [0.3, 0.4) is 0 Å². The number of rotatable bonds is 3. The largest absolute Gasteiger partial charge is 0.507 e. The lowest BCUT2D eigenvalue weighted by atomic mass is 9.97. The summed E-state index contributed by atoms with van der Waals surface area (Å²) in [6, 6.07) is 12.1. The van der Waals surface area contributed by atoms with Crippen molar-refractivity contribution in [1.29, 1.82) is 0 Å². The molecule has 27 heavy (non-hydrogen) atoms. The van der Waals surface area contributed by atoms with E-state index in [1.54, 1.807) is 43.3 Å². The zero-order chi connectivity index (χ0) is 19.1. The fourth-order valence-corrected chi connectivity index (χ4v) is 4.16. The van der Waals surface area contributed by atoms with Gasteiger partial charge >= 0.3 is 6.09 Å². The fourth-order valence-electron chi connectivity index (χ4n) is 3.37. The highest BCUT2D eigenvalue weighted by Crippen LogP contribution is 2.40. The van der Waals surface area contributed by atoms with E-state index in [-0.39, 0.29) is 11.3 Å².